The molecule has 82 valence electrons. The van der Waals surface area contributed by atoms with Crippen LogP contribution in [0.25, 0.3) is 0 Å². The fourth-order valence-electron chi connectivity index (χ4n) is 0.823. The quantitative estimate of drug-likeness (QED) is 0.511. The van der Waals surface area contributed by atoms with Gasteiger partial charge in [0.2, 0.25) is 0 Å². The molecule has 0 saturated heterocycles. The van der Waals surface area contributed by atoms with E-state index in [1.54, 1.807) is 0 Å². The van der Waals surface area contributed by atoms with E-state index >= 15 is 0 Å². The minimum atomic E-state index is -3.28. The lowest BCUT2D eigenvalue weighted by atomic mass is 10.1. The highest BCUT2D eigenvalue weighted by Gasteiger charge is 2.27. The molecule has 0 aromatic carbocycles. The first-order valence-corrected chi connectivity index (χ1v) is 5.81. The van der Waals surface area contributed by atoms with Gasteiger partial charge in [-0.05, 0) is 6.42 Å². The summed E-state index contributed by atoms with van der Waals surface area (Å²) in [5, 5.41) is 0. The van der Waals surface area contributed by atoms with Gasteiger partial charge >= 0.3 is 7.60 Å². The largest absolute Gasteiger partial charge is 0.337 e. The molecule has 0 fully saturated rings. The third-order valence-corrected chi connectivity index (χ3v) is 3.55. The fourth-order valence-corrected chi connectivity index (χ4v) is 1.85. The number of nitrogens with two attached hydrogens (primary N) is 1. The Kier molecular flexibility index (Phi) is 5.88. The second kappa shape index (κ2) is 6.09. The summed E-state index contributed by atoms with van der Waals surface area (Å²) in [7, 11) is -0.813. The zero-order valence-electron chi connectivity index (χ0n) is 8.43. The van der Waals surface area contributed by atoms with Crippen molar-refractivity contribution in [3.63, 3.8) is 0 Å². The first kappa shape index (κ1) is 13.5. The summed E-state index contributed by atoms with van der Waals surface area (Å²) >= 11 is 0. The second-order valence-corrected chi connectivity index (χ2v) is 5.00. The topological polar surface area (TPSA) is 78.6 Å². The molecule has 0 aromatic rings. The molecule has 0 amide bonds. The molecule has 0 bridgehead atoms. The molecular formula is C8H16NO4P. The predicted octanol–water partition coefficient (Wildman–Crippen LogP) is 0.945. The van der Waals surface area contributed by atoms with Gasteiger partial charge in [-0.1, -0.05) is 6.08 Å². The smallest absolute Gasteiger partial charge is 0.321 e. The van der Waals surface area contributed by atoms with Crippen LogP contribution in [0, 0.1) is 0 Å². The van der Waals surface area contributed by atoms with Gasteiger partial charge in [0, 0.05) is 14.2 Å². The third-order valence-electron chi connectivity index (χ3n) is 1.74. The van der Waals surface area contributed by atoms with Crippen molar-refractivity contribution >= 4 is 13.4 Å². The normalized spacial score (nSPS) is 13.6. The summed E-state index contributed by atoms with van der Waals surface area (Å²) in [6.07, 6.45) is 1.59. The van der Waals surface area contributed by atoms with Crippen molar-refractivity contribution in [2.45, 2.75) is 12.5 Å². The Hall–Kier alpha value is -0.480. The van der Waals surface area contributed by atoms with Gasteiger partial charge in [0.15, 0.2) is 5.78 Å². The van der Waals surface area contributed by atoms with Gasteiger partial charge < -0.3 is 14.8 Å². The highest BCUT2D eigenvalue weighted by Crippen LogP contribution is 2.46. The Morgan fingerprint density at radius 3 is 2.43 bits per heavy atom. The van der Waals surface area contributed by atoms with E-state index in [-0.39, 0.29) is 11.9 Å². The van der Waals surface area contributed by atoms with Crippen molar-refractivity contribution in [3.05, 3.63) is 12.7 Å². The molecule has 14 heavy (non-hydrogen) atoms. The van der Waals surface area contributed by atoms with E-state index in [1.165, 1.54) is 20.3 Å². The SMILES string of the molecule is C=CCC(N)C(=O)CP(=O)(OC)OC. The minimum Gasteiger partial charge on any atom is -0.321 e. The molecule has 0 aromatic heterocycles. The number of carbonyl (C=O) groups is 1. The average molecular weight is 221 g/mol. The summed E-state index contributed by atoms with van der Waals surface area (Å²) in [6.45, 7) is 3.46. The van der Waals surface area contributed by atoms with Crippen LogP contribution in [0.3, 0.4) is 0 Å². The molecule has 5 nitrogen and oxygen atoms in total. The van der Waals surface area contributed by atoms with Gasteiger partial charge in [0.25, 0.3) is 0 Å². The zero-order valence-corrected chi connectivity index (χ0v) is 9.33. The van der Waals surface area contributed by atoms with Crippen LogP contribution in [-0.2, 0) is 18.4 Å². The molecule has 0 aliphatic carbocycles. The monoisotopic (exact) mass is 221 g/mol. The number of hydrogen-bond donors (Lipinski definition) is 1. The molecule has 0 aliphatic heterocycles. The van der Waals surface area contributed by atoms with Crippen molar-refractivity contribution < 1.29 is 18.4 Å². The van der Waals surface area contributed by atoms with E-state index in [4.69, 9.17) is 5.73 Å². The van der Waals surface area contributed by atoms with Crippen molar-refractivity contribution in [3.8, 4) is 0 Å². The van der Waals surface area contributed by atoms with Crippen molar-refractivity contribution in [2.75, 3.05) is 20.4 Å². The van der Waals surface area contributed by atoms with E-state index in [0.29, 0.717) is 6.42 Å². The summed E-state index contributed by atoms with van der Waals surface area (Å²) in [6, 6.07) is -0.689. The lowest BCUT2D eigenvalue weighted by Crippen LogP contribution is -2.32. The maximum absolute atomic E-state index is 11.5. The van der Waals surface area contributed by atoms with Gasteiger partial charge in [-0.25, -0.2) is 0 Å². The Morgan fingerprint density at radius 1 is 1.57 bits per heavy atom. The zero-order chi connectivity index (χ0) is 11.2. The first-order valence-electron chi connectivity index (χ1n) is 4.08. The third kappa shape index (κ3) is 4.15. The van der Waals surface area contributed by atoms with Gasteiger partial charge in [-0.3, -0.25) is 9.36 Å². The second-order valence-electron chi connectivity index (χ2n) is 2.73. The van der Waals surface area contributed by atoms with Crippen LogP contribution in [0.5, 0.6) is 0 Å². The van der Waals surface area contributed by atoms with E-state index in [1.807, 2.05) is 0 Å². The molecule has 1 atom stereocenters. The Labute approximate surface area is 83.8 Å². The fraction of sp³-hybridized carbons (Fsp3) is 0.625. The number of Topliss-reactive ketones (excluding diaryl/α,β-unsaturated/α-hetero) is 1. The number of rotatable bonds is 7. The van der Waals surface area contributed by atoms with Crippen LogP contribution in [0.1, 0.15) is 6.42 Å². The molecule has 0 spiro atoms. The molecule has 0 aliphatic rings. The lowest BCUT2D eigenvalue weighted by Gasteiger charge is -2.14. The molecular weight excluding hydrogens is 205 g/mol. The molecule has 0 radical (unpaired) electrons. The van der Waals surface area contributed by atoms with Crippen molar-refractivity contribution in [2.24, 2.45) is 5.73 Å². The number of ketones is 1. The molecule has 0 heterocycles. The maximum atomic E-state index is 11.5. The van der Waals surface area contributed by atoms with E-state index in [9.17, 15) is 9.36 Å². The lowest BCUT2D eigenvalue weighted by molar-refractivity contribution is -0.118. The molecule has 2 N–H and O–H groups in total. The molecule has 1 unspecified atom stereocenters. The van der Waals surface area contributed by atoms with E-state index in [2.05, 4.69) is 15.6 Å². The van der Waals surface area contributed by atoms with Crippen LogP contribution in [0.2, 0.25) is 0 Å². The van der Waals surface area contributed by atoms with E-state index < -0.39 is 13.6 Å². The number of hydrogen-bond acceptors (Lipinski definition) is 5. The highest BCUT2D eigenvalue weighted by atomic mass is 31.2. The van der Waals surface area contributed by atoms with Crippen molar-refractivity contribution in [1.82, 2.24) is 0 Å². The van der Waals surface area contributed by atoms with Gasteiger partial charge in [-0.15, -0.1) is 6.58 Å². The van der Waals surface area contributed by atoms with E-state index in [0.717, 1.165) is 0 Å². The van der Waals surface area contributed by atoms with Crippen LogP contribution in [0.15, 0.2) is 12.7 Å². The maximum Gasteiger partial charge on any atom is 0.337 e. The van der Waals surface area contributed by atoms with Gasteiger partial charge in [-0.2, -0.15) is 0 Å². The molecule has 0 rings (SSSR count). The summed E-state index contributed by atoms with van der Waals surface area (Å²) in [5.41, 5.74) is 5.49. The van der Waals surface area contributed by atoms with Crippen LogP contribution in [0.4, 0.5) is 0 Å². The predicted molar refractivity (Wildman–Crippen MR) is 54.3 cm³/mol. The van der Waals surface area contributed by atoms with Gasteiger partial charge in [0.05, 0.1) is 6.04 Å². The minimum absolute atomic E-state index is 0.297. The molecule has 0 saturated carbocycles. The summed E-state index contributed by atoms with van der Waals surface area (Å²) in [4.78, 5) is 11.4. The summed E-state index contributed by atoms with van der Waals surface area (Å²) < 4.78 is 20.8. The Morgan fingerprint density at radius 2 is 2.07 bits per heavy atom. The Bertz CT molecular complexity index is 246. The van der Waals surface area contributed by atoms with Crippen molar-refractivity contribution in [1.29, 1.82) is 0 Å². The Balaban J connectivity index is 4.29. The van der Waals surface area contributed by atoms with Crippen LogP contribution < -0.4 is 5.73 Å². The summed E-state index contributed by atoms with van der Waals surface area (Å²) in [5.74, 6) is -0.350. The first-order chi connectivity index (χ1) is 6.49. The van der Waals surface area contributed by atoms with Gasteiger partial charge in [0.1, 0.15) is 6.16 Å². The molecule has 6 heteroatoms. The standard InChI is InChI=1S/C8H16NO4P/c1-4-5-7(9)8(10)6-14(11,12-2)13-3/h4,7H,1,5-6,9H2,2-3H3. The number of carbonyl (C=O) groups excluding carboxylic acids is 1. The van der Waals surface area contributed by atoms with Crippen LogP contribution >= 0.6 is 7.60 Å². The highest BCUT2D eigenvalue weighted by molar-refractivity contribution is 7.54. The van der Waals surface area contributed by atoms with Crippen LogP contribution in [-0.4, -0.2) is 32.2 Å². The average Bonchev–Trinajstić information content (AvgIpc) is 2.18.